The summed E-state index contributed by atoms with van der Waals surface area (Å²) < 4.78 is 11.0. The van der Waals surface area contributed by atoms with E-state index < -0.39 is 5.97 Å². The second kappa shape index (κ2) is 8.68. The fraction of sp³-hybridized carbons (Fsp3) is 0.438. The van der Waals surface area contributed by atoms with Gasteiger partial charge in [-0.05, 0) is 31.0 Å². The molecule has 1 aliphatic heterocycles. The molecule has 1 heterocycles. The molecule has 2 amide bonds. The summed E-state index contributed by atoms with van der Waals surface area (Å²) in [5.41, 5.74) is 5.25. The predicted octanol–water partition coefficient (Wildman–Crippen LogP) is 1.10. The smallest absolute Gasteiger partial charge is 0.344 e. The second-order valence-corrected chi connectivity index (χ2v) is 6.38. The molecule has 8 heteroatoms. The lowest BCUT2D eigenvalue weighted by molar-refractivity contribution is -0.154. The normalized spacial score (nSPS) is 15.0. The number of hydrogen-bond acceptors (Lipinski definition) is 5. The van der Waals surface area contributed by atoms with E-state index in [2.05, 4.69) is 15.9 Å². The van der Waals surface area contributed by atoms with Crippen molar-refractivity contribution in [1.82, 2.24) is 4.90 Å². The summed E-state index contributed by atoms with van der Waals surface area (Å²) in [6.07, 6.45) is 1.09. The number of hydrogen-bond donors (Lipinski definition) is 1. The fourth-order valence-corrected chi connectivity index (χ4v) is 2.77. The van der Waals surface area contributed by atoms with Gasteiger partial charge in [-0.15, -0.1) is 0 Å². The van der Waals surface area contributed by atoms with Crippen molar-refractivity contribution in [2.45, 2.75) is 12.8 Å². The van der Waals surface area contributed by atoms with Crippen LogP contribution in [0.3, 0.4) is 0 Å². The van der Waals surface area contributed by atoms with Gasteiger partial charge in [0.1, 0.15) is 5.75 Å². The monoisotopic (exact) mass is 398 g/mol. The van der Waals surface area contributed by atoms with Crippen molar-refractivity contribution in [1.29, 1.82) is 0 Å². The Morgan fingerprint density at radius 3 is 2.54 bits per heavy atom. The maximum Gasteiger partial charge on any atom is 0.344 e. The predicted molar refractivity (Wildman–Crippen MR) is 89.1 cm³/mol. The van der Waals surface area contributed by atoms with E-state index in [0.717, 1.165) is 4.47 Å². The molecule has 24 heavy (non-hydrogen) atoms. The Kier molecular flexibility index (Phi) is 6.60. The molecule has 1 aromatic rings. The zero-order chi connectivity index (χ0) is 17.5. The number of halogens is 1. The van der Waals surface area contributed by atoms with Gasteiger partial charge >= 0.3 is 5.97 Å². The zero-order valence-electron chi connectivity index (χ0n) is 13.1. The van der Waals surface area contributed by atoms with Crippen LogP contribution >= 0.6 is 15.9 Å². The third-order valence-electron chi connectivity index (χ3n) is 3.76. The molecule has 0 atom stereocenters. The number of primary amides is 1. The van der Waals surface area contributed by atoms with Crippen LogP contribution in [0.1, 0.15) is 12.8 Å². The highest BCUT2D eigenvalue weighted by atomic mass is 79.9. The van der Waals surface area contributed by atoms with E-state index in [4.69, 9.17) is 15.2 Å². The van der Waals surface area contributed by atoms with Crippen LogP contribution in [0.2, 0.25) is 0 Å². The maximum absolute atomic E-state index is 12.0. The summed E-state index contributed by atoms with van der Waals surface area (Å²) in [5.74, 6) is -0.890. The number of rotatable bonds is 6. The lowest BCUT2D eigenvalue weighted by Gasteiger charge is -2.30. The van der Waals surface area contributed by atoms with Gasteiger partial charge in [0, 0.05) is 23.5 Å². The van der Waals surface area contributed by atoms with Crippen LogP contribution < -0.4 is 10.5 Å². The van der Waals surface area contributed by atoms with E-state index in [1.807, 2.05) is 6.07 Å². The first kappa shape index (κ1) is 18.3. The molecule has 1 aromatic carbocycles. The standard InChI is InChI=1S/C16H19BrN2O5/c17-12-2-1-3-13(8-12)23-10-15(21)24-9-14(20)19-6-4-11(5-7-19)16(18)22/h1-3,8,11H,4-7,9-10H2,(H2,18,22). The van der Waals surface area contributed by atoms with Gasteiger partial charge < -0.3 is 20.1 Å². The van der Waals surface area contributed by atoms with E-state index in [1.165, 1.54) is 0 Å². The molecule has 0 aliphatic carbocycles. The largest absolute Gasteiger partial charge is 0.482 e. The first-order valence-electron chi connectivity index (χ1n) is 7.57. The number of nitrogens with zero attached hydrogens (tertiary/aromatic N) is 1. The zero-order valence-corrected chi connectivity index (χ0v) is 14.7. The molecule has 0 unspecified atom stereocenters. The molecule has 0 aromatic heterocycles. The third kappa shape index (κ3) is 5.52. The second-order valence-electron chi connectivity index (χ2n) is 5.46. The van der Waals surface area contributed by atoms with Gasteiger partial charge in [0.05, 0.1) is 0 Å². The highest BCUT2D eigenvalue weighted by molar-refractivity contribution is 9.10. The number of piperidine rings is 1. The Balaban J connectivity index is 1.68. The Bertz CT molecular complexity index is 614. The molecule has 0 bridgehead atoms. The van der Waals surface area contributed by atoms with Gasteiger partial charge in [0.15, 0.2) is 13.2 Å². The first-order valence-corrected chi connectivity index (χ1v) is 8.36. The van der Waals surface area contributed by atoms with Gasteiger partial charge in [0.2, 0.25) is 5.91 Å². The SMILES string of the molecule is NC(=O)C1CCN(C(=O)COC(=O)COc2cccc(Br)c2)CC1. The minimum Gasteiger partial charge on any atom is -0.482 e. The number of nitrogens with two attached hydrogens (primary N) is 1. The molecule has 0 spiro atoms. The van der Waals surface area contributed by atoms with Crippen molar-refractivity contribution in [3.05, 3.63) is 28.7 Å². The molecule has 1 aliphatic rings. The van der Waals surface area contributed by atoms with Crippen LogP contribution in [-0.2, 0) is 19.1 Å². The van der Waals surface area contributed by atoms with Gasteiger partial charge in [0.25, 0.3) is 5.91 Å². The van der Waals surface area contributed by atoms with Crippen molar-refractivity contribution in [3.8, 4) is 5.75 Å². The molecule has 7 nitrogen and oxygen atoms in total. The highest BCUT2D eigenvalue weighted by Gasteiger charge is 2.26. The van der Waals surface area contributed by atoms with Gasteiger partial charge in [-0.3, -0.25) is 9.59 Å². The van der Waals surface area contributed by atoms with E-state index in [-0.39, 0.29) is 30.9 Å². The highest BCUT2D eigenvalue weighted by Crippen LogP contribution is 2.18. The minimum absolute atomic E-state index is 0.185. The van der Waals surface area contributed by atoms with Crippen LogP contribution in [0, 0.1) is 5.92 Å². The summed E-state index contributed by atoms with van der Waals surface area (Å²) in [6, 6.07) is 7.06. The molecule has 130 valence electrons. The van der Waals surface area contributed by atoms with Gasteiger partial charge in [-0.25, -0.2) is 4.79 Å². The summed E-state index contributed by atoms with van der Waals surface area (Å²) in [5, 5.41) is 0. The number of carbonyl (C=O) groups is 3. The van der Waals surface area contributed by atoms with Gasteiger partial charge in [-0.2, -0.15) is 0 Å². The first-order chi connectivity index (χ1) is 11.5. The fourth-order valence-electron chi connectivity index (χ4n) is 2.39. The van der Waals surface area contributed by atoms with E-state index in [9.17, 15) is 14.4 Å². The molecule has 0 saturated carbocycles. The Hall–Kier alpha value is -2.09. The van der Waals surface area contributed by atoms with Crippen LogP contribution in [0.5, 0.6) is 5.75 Å². The summed E-state index contributed by atoms with van der Waals surface area (Å²) in [7, 11) is 0. The van der Waals surface area contributed by atoms with Crippen LogP contribution in [0.4, 0.5) is 0 Å². The van der Waals surface area contributed by atoms with Crippen LogP contribution in [0.15, 0.2) is 28.7 Å². The molecular formula is C16H19BrN2O5. The number of ether oxygens (including phenoxy) is 2. The van der Waals surface area contributed by atoms with Crippen LogP contribution in [-0.4, -0.2) is 49.0 Å². The molecule has 2 N–H and O–H groups in total. The summed E-state index contributed by atoms with van der Waals surface area (Å²) >= 11 is 3.30. The van der Waals surface area contributed by atoms with Crippen molar-refractivity contribution in [2.75, 3.05) is 26.3 Å². The minimum atomic E-state index is -0.615. The number of esters is 1. The number of amides is 2. The van der Waals surface area contributed by atoms with Crippen molar-refractivity contribution in [2.24, 2.45) is 11.7 Å². The van der Waals surface area contributed by atoms with Crippen molar-refractivity contribution >= 4 is 33.7 Å². The molecule has 1 saturated heterocycles. The van der Waals surface area contributed by atoms with Crippen LogP contribution in [0.25, 0.3) is 0 Å². The third-order valence-corrected chi connectivity index (χ3v) is 4.25. The van der Waals surface area contributed by atoms with Gasteiger partial charge in [-0.1, -0.05) is 22.0 Å². The quantitative estimate of drug-likeness (QED) is 0.723. The number of likely N-dealkylation sites (tertiary alicyclic amines) is 1. The Morgan fingerprint density at radius 2 is 1.92 bits per heavy atom. The number of benzene rings is 1. The lowest BCUT2D eigenvalue weighted by atomic mass is 9.96. The average Bonchev–Trinajstić information content (AvgIpc) is 2.58. The van der Waals surface area contributed by atoms with Crippen molar-refractivity contribution < 1.29 is 23.9 Å². The van der Waals surface area contributed by atoms with Crippen molar-refractivity contribution in [3.63, 3.8) is 0 Å². The van der Waals surface area contributed by atoms with E-state index in [0.29, 0.717) is 31.7 Å². The molecular weight excluding hydrogens is 380 g/mol. The summed E-state index contributed by atoms with van der Waals surface area (Å²) in [6.45, 7) is 0.284. The molecule has 2 rings (SSSR count). The topological polar surface area (TPSA) is 98.9 Å². The number of carbonyl (C=O) groups excluding carboxylic acids is 3. The van der Waals surface area contributed by atoms with E-state index >= 15 is 0 Å². The van der Waals surface area contributed by atoms with E-state index in [1.54, 1.807) is 23.1 Å². The lowest BCUT2D eigenvalue weighted by Crippen LogP contribution is -2.43. The maximum atomic E-state index is 12.0. The average molecular weight is 399 g/mol. The summed E-state index contributed by atoms with van der Waals surface area (Å²) in [4.78, 5) is 36.3. The Labute approximate surface area is 148 Å². The Morgan fingerprint density at radius 1 is 1.21 bits per heavy atom. The molecule has 0 radical (unpaired) electrons. The molecule has 1 fully saturated rings.